The van der Waals surface area contributed by atoms with E-state index in [0.717, 1.165) is 31.7 Å². The number of nitrogens with zero attached hydrogens (tertiary/aromatic N) is 1. The molecule has 0 spiro atoms. The van der Waals surface area contributed by atoms with E-state index in [1.807, 2.05) is 12.1 Å². The molecular weight excluding hydrogens is 428 g/mol. The number of carbonyl (C=O) groups excluding carboxylic acids is 2. The van der Waals surface area contributed by atoms with Gasteiger partial charge in [-0.05, 0) is 68.4 Å². The molecule has 32 heavy (non-hydrogen) atoms. The van der Waals surface area contributed by atoms with Crippen LogP contribution in [0.3, 0.4) is 0 Å². The van der Waals surface area contributed by atoms with E-state index in [9.17, 15) is 18.0 Å². The van der Waals surface area contributed by atoms with Crippen molar-refractivity contribution in [3.05, 3.63) is 83.3 Å². The molecular formula is C24H22N2O5S. The van der Waals surface area contributed by atoms with Crippen molar-refractivity contribution in [3.63, 3.8) is 0 Å². The quantitative estimate of drug-likeness (QED) is 0.502. The van der Waals surface area contributed by atoms with Gasteiger partial charge in [0.05, 0.1) is 22.1 Å². The summed E-state index contributed by atoms with van der Waals surface area (Å²) in [4.78, 5) is 27.8. The summed E-state index contributed by atoms with van der Waals surface area (Å²) in [5, 5.41) is 2.91. The van der Waals surface area contributed by atoms with Gasteiger partial charge in [-0.15, -0.1) is 0 Å². The molecule has 0 unspecified atom stereocenters. The molecule has 1 saturated heterocycles. The number of hydrogen-bond donors (Lipinski definition) is 1. The van der Waals surface area contributed by atoms with Gasteiger partial charge in [-0.1, -0.05) is 12.1 Å². The lowest BCUT2D eigenvalue weighted by molar-refractivity contribution is 0.0932. The van der Waals surface area contributed by atoms with Crippen LogP contribution in [0.4, 0.5) is 0 Å². The van der Waals surface area contributed by atoms with Gasteiger partial charge in [0.15, 0.2) is 5.78 Å². The van der Waals surface area contributed by atoms with Crippen molar-refractivity contribution >= 4 is 21.5 Å². The second-order valence-electron chi connectivity index (χ2n) is 8.02. The first kappa shape index (κ1) is 20.7. The fraction of sp³-hybridized carbons (Fsp3) is 0.250. The maximum atomic E-state index is 13.1. The number of sulfone groups is 1. The predicted molar refractivity (Wildman–Crippen MR) is 116 cm³/mol. The molecule has 0 bridgehead atoms. The van der Waals surface area contributed by atoms with E-state index in [0.29, 0.717) is 6.54 Å². The molecule has 7 nitrogen and oxygen atoms in total. The minimum atomic E-state index is -3.89. The lowest BCUT2D eigenvalue weighted by Gasteiger charge is -2.26. The number of ketones is 1. The van der Waals surface area contributed by atoms with Gasteiger partial charge in [0.1, 0.15) is 5.76 Å². The van der Waals surface area contributed by atoms with Gasteiger partial charge in [0, 0.05) is 23.2 Å². The molecule has 164 valence electrons. The van der Waals surface area contributed by atoms with Gasteiger partial charge >= 0.3 is 0 Å². The van der Waals surface area contributed by atoms with Crippen LogP contribution in [-0.4, -0.2) is 44.6 Å². The number of likely N-dealkylation sites (tertiary alicyclic amines) is 1. The number of furan rings is 1. The van der Waals surface area contributed by atoms with Gasteiger partial charge in [-0.2, -0.15) is 0 Å². The highest BCUT2D eigenvalue weighted by Crippen LogP contribution is 2.34. The molecule has 1 aromatic heterocycles. The molecule has 5 rings (SSSR count). The van der Waals surface area contributed by atoms with E-state index in [1.54, 1.807) is 18.4 Å². The number of benzene rings is 2. The summed E-state index contributed by atoms with van der Waals surface area (Å²) in [5.74, 6) is 0.0248. The minimum absolute atomic E-state index is 0.0259. The lowest BCUT2D eigenvalue weighted by Crippen LogP contribution is -2.36. The van der Waals surface area contributed by atoms with Crippen molar-refractivity contribution in [3.8, 4) is 0 Å². The van der Waals surface area contributed by atoms with E-state index < -0.39 is 15.7 Å². The highest BCUT2D eigenvalue weighted by atomic mass is 32.2. The van der Waals surface area contributed by atoms with Crippen LogP contribution < -0.4 is 5.32 Å². The van der Waals surface area contributed by atoms with E-state index in [1.165, 1.54) is 30.3 Å². The fourth-order valence-electron chi connectivity index (χ4n) is 4.46. The van der Waals surface area contributed by atoms with Crippen molar-refractivity contribution in [2.45, 2.75) is 28.7 Å². The Morgan fingerprint density at radius 1 is 1.00 bits per heavy atom. The van der Waals surface area contributed by atoms with Crippen molar-refractivity contribution in [1.29, 1.82) is 0 Å². The van der Waals surface area contributed by atoms with Crippen LogP contribution in [0.15, 0.2) is 75.1 Å². The monoisotopic (exact) mass is 450 g/mol. The van der Waals surface area contributed by atoms with Crippen molar-refractivity contribution in [2.75, 3.05) is 19.6 Å². The Morgan fingerprint density at radius 2 is 1.75 bits per heavy atom. The van der Waals surface area contributed by atoms with Crippen molar-refractivity contribution in [2.24, 2.45) is 0 Å². The number of carbonyl (C=O) groups is 2. The van der Waals surface area contributed by atoms with Crippen molar-refractivity contribution in [1.82, 2.24) is 10.2 Å². The second kappa shape index (κ2) is 8.03. The van der Waals surface area contributed by atoms with Crippen LogP contribution in [0.2, 0.25) is 0 Å². The summed E-state index contributed by atoms with van der Waals surface area (Å²) in [5.41, 5.74) is 0.439. The zero-order valence-electron chi connectivity index (χ0n) is 17.3. The Morgan fingerprint density at radius 3 is 2.50 bits per heavy atom. The Hall–Kier alpha value is -3.23. The first-order chi connectivity index (χ1) is 15.5. The molecule has 0 saturated carbocycles. The van der Waals surface area contributed by atoms with Gasteiger partial charge in [-0.25, -0.2) is 8.42 Å². The molecule has 1 atom stereocenters. The van der Waals surface area contributed by atoms with Gasteiger partial charge in [-0.3, -0.25) is 14.5 Å². The minimum Gasteiger partial charge on any atom is -0.468 e. The highest BCUT2D eigenvalue weighted by molar-refractivity contribution is 7.91. The van der Waals surface area contributed by atoms with E-state index >= 15 is 0 Å². The highest BCUT2D eigenvalue weighted by Gasteiger charge is 2.35. The summed E-state index contributed by atoms with van der Waals surface area (Å²) >= 11 is 0. The first-order valence-corrected chi connectivity index (χ1v) is 12.0. The average molecular weight is 451 g/mol. The molecule has 3 aromatic rings. The number of amides is 1. The molecule has 3 heterocycles. The standard InChI is InChI=1S/C24H22N2O5S/c27-23-17-6-1-2-8-21(17)32(29,30)22-14-16(9-10-18(22)23)24(28)25-15-19(20-7-5-13-31-20)26-11-3-4-12-26/h1-2,5-10,13-14,19H,3-4,11-12,15H2,(H,25,28)/t19-/m0/s1. The summed E-state index contributed by atoms with van der Waals surface area (Å²) < 4.78 is 31.8. The molecule has 0 aliphatic carbocycles. The summed E-state index contributed by atoms with van der Waals surface area (Å²) in [6.07, 6.45) is 3.82. The first-order valence-electron chi connectivity index (χ1n) is 10.6. The predicted octanol–water partition coefficient (Wildman–Crippen LogP) is 3.22. The maximum absolute atomic E-state index is 13.1. The van der Waals surface area contributed by atoms with Crippen LogP contribution in [0.25, 0.3) is 0 Å². The largest absolute Gasteiger partial charge is 0.468 e. The third-order valence-corrected chi connectivity index (χ3v) is 7.96. The molecule has 1 fully saturated rings. The average Bonchev–Trinajstić information content (AvgIpc) is 3.53. The van der Waals surface area contributed by atoms with Crippen LogP contribution in [0.5, 0.6) is 0 Å². The van der Waals surface area contributed by atoms with E-state index in [2.05, 4.69) is 10.2 Å². The van der Waals surface area contributed by atoms with Crippen LogP contribution >= 0.6 is 0 Å². The lowest BCUT2D eigenvalue weighted by atomic mass is 10.0. The zero-order chi connectivity index (χ0) is 22.3. The molecule has 8 heteroatoms. The van der Waals surface area contributed by atoms with E-state index in [4.69, 9.17) is 4.42 Å². The Kier molecular flexibility index (Phi) is 5.19. The SMILES string of the molecule is O=C(NC[C@@H](c1ccco1)N1CCCC1)c1ccc2c(c1)S(=O)(=O)c1ccccc1C2=O. The van der Waals surface area contributed by atoms with Gasteiger partial charge in [0.2, 0.25) is 9.84 Å². The molecule has 2 aliphatic heterocycles. The van der Waals surface area contributed by atoms with Crippen LogP contribution in [-0.2, 0) is 9.84 Å². The fourth-order valence-corrected chi connectivity index (χ4v) is 6.14. The number of fused-ring (bicyclic) bond motifs is 2. The second-order valence-corrected chi connectivity index (χ2v) is 9.91. The number of rotatable bonds is 5. The molecule has 2 aliphatic rings. The third kappa shape index (κ3) is 3.45. The maximum Gasteiger partial charge on any atom is 0.251 e. The molecule has 1 N–H and O–H groups in total. The summed E-state index contributed by atoms with van der Waals surface area (Å²) in [6.45, 7) is 2.19. The zero-order valence-corrected chi connectivity index (χ0v) is 18.1. The molecule has 0 radical (unpaired) electrons. The number of nitrogens with one attached hydrogen (secondary N) is 1. The van der Waals surface area contributed by atoms with Crippen LogP contribution in [0.1, 0.15) is 50.9 Å². The Balaban J connectivity index is 1.41. The topological polar surface area (TPSA) is 96.7 Å². The molecule has 2 aromatic carbocycles. The van der Waals surface area contributed by atoms with Gasteiger partial charge < -0.3 is 9.73 Å². The third-order valence-electron chi connectivity index (χ3n) is 6.11. The summed E-state index contributed by atoms with van der Waals surface area (Å²) in [6, 6.07) is 14.0. The van der Waals surface area contributed by atoms with E-state index in [-0.39, 0.29) is 38.3 Å². The Bertz CT molecular complexity index is 1290. The molecule has 1 amide bonds. The van der Waals surface area contributed by atoms with Crippen LogP contribution in [0, 0.1) is 0 Å². The smallest absolute Gasteiger partial charge is 0.251 e. The Labute approximate surface area is 186 Å². The number of hydrogen-bond acceptors (Lipinski definition) is 6. The van der Waals surface area contributed by atoms with Gasteiger partial charge in [0.25, 0.3) is 5.91 Å². The summed E-state index contributed by atoms with van der Waals surface area (Å²) in [7, 11) is -3.89. The normalized spacial score (nSPS) is 18.1. The van der Waals surface area contributed by atoms with Crippen molar-refractivity contribution < 1.29 is 22.4 Å².